The number of nitrogen functional groups attached to an aromatic ring is 2. The highest BCUT2D eigenvalue weighted by Crippen LogP contribution is 2.15. The monoisotopic (exact) mass is 239 g/mol. The van der Waals surface area contributed by atoms with Gasteiger partial charge < -0.3 is 21.4 Å². The number of hydrogen-bond acceptors (Lipinski definition) is 7. The third-order valence-corrected chi connectivity index (χ3v) is 2.22. The van der Waals surface area contributed by atoms with Gasteiger partial charge in [-0.1, -0.05) is 0 Å². The van der Waals surface area contributed by atoms with E-state index in [0.29, 0.717) is 24.6 Å². The number of nitrogens with zero attached hydrogens (tertiary/aromatic N) is 3. The zero-order valence-corrected chi connectivity index (χ0v) is 9.90. The first-order chi connectivity index (χ1) is 8.06. The number of carbonyl (C=O) groups is 1. The molecule has 6 N–H and O–H groups in total. The van der Waals surface area contributed by atoms with Crippen LogP contribution < -0.4 is 27.2 Å². The molecule has 8 heteroatoms. The first kappa shape index (κ1) is 13.0. The van der Waals surface area contributed by atoms with Gasteiger partial charge in [-0.2, -0.15) is 9.97 Å². The molecule has 0 aromatic carbocycles. The predicted octanol–water partition coefficient (Wildman–Crippen LogP) is -1.08. The van der Waals surface area contributed by atoms with E-state index in [1.807, 2.05) is 7.05 Å². The summed E-state index contributed by atoms with van der Waals surface area (Å²) in [5, 5.41) is 2.55. The van der Waals surface area contributed by atoms with Crippen LogP contribution >= 0.6 is 0 Å². The van der Waals surface area contributed by atoms with Gasteiger partial charge in [-0.15, -0.1) is 0 Å². The number of carbonyl (C=O) groups excluding carboxylic acids is 1. The van der Waals surface area contributed by atoms with E-state index < -0.39 is 0 Å². The van der Waals surface area contributed by atoms with Gasteiger partial charge in [0, 0.05) is 33.1 Å². The van der Waals surface area contributed by atoms with Crippen LogP contribution in [0.25, 0.3) is 0 Å². The lowest BCUT2D eigenvalue weighted by molar-refractivity contribution is -0.120. The van der Waals surface area contributed by atoms with Crippen LogP contribution in [0.2, 0.25) is 0 Å². The highest BCUT2D eigenvalue weighted by Gasteiger charge is 2.08. The second-order valence-corrected chi connectivity index (χ2v) is 3.46. The molecule has 0 unspecified atom stereocenters. The van der Waals surface area contributed by atoms with Crippen molar-refractivity contribution in [2.75, 3.05) is 36.7 Å². The summed E-state index contributed by atoms with van der Waals surface area (Å²) in [5.74, 6) is 6.38. The summed E-state index contributed by atoms with van der Waals surface area (Å²) < 4.78 is 0. The van der Waals surface area contributed by atoms with Gasteiger partial charge in [0.15, 0.2) is 0 Å². The predicted molar refractivity (Wildman–Crippen MR) is 66.2 cm³/mol. The fraction of sp³-hybridized carbons (Fsp3) is 0.444. The van der Waals surface area contributed by atoms with Gasteiger partial charge in [0.2, 0.25) is 11.9 Å². The molecule has 1 rings (SSSR count). The fourth-order valence-electron chi connectivity index (χ4n) is 1.23. The SMILES string of the molecule is CNC(=O)CCN(C)c1cc(NN)nc(N)n1. The lowest BCUT2D eigenvalue weighted by atomic mass is 10.3. The van der Waals surface area contributed by atoms with Crippen LogP contribution in [0, 0.1) is 0 Å². The summed E-state index contributed by atoms with van der Waals surface area (Å²) in [6.07, 6.45) is 0.377. The number of amides is 1. The molecule has 1 aromatic rings. The second kappa shape index (κ2) is 5.85. The van der Waals surface area contributed by atoms with Crippen molar-refractivity contribution in [2.24, 2.45) is 5.84 Å². The lowest BCUT2D eigenvalue weighted by Crippen LogP contribution is -2.27. The Morgan fingerprint density at radius 3 is 2.82 bits per heavy atom. The maximum atomic E-state index is 11.1. The summed E-state index contributed by atoms with van der Waals surface area (Å²) in [5.41, 5.74) is 7.93. The molecule has 1 heterocycles. The standard InChI is InChI=1S/C9H17N7O/c1-12-8(17)3-4-16(2)7-5-6(15-11)13-9(10)14-7/h5H,3-4,11H2,1-2H3,(H,12,17)(H3,10,13,14,15). The summed E-state index contributed by atoms with van der Waals surface area (Å²) in [6, 6.07) is 1.65. The molecule has 0 atom stereocenters. The Balaban J connectivity index is 2.71. The number of nitrogens with one attached hydrogen (secondary N) is 2. The number of nitrogens with two attached hydrogens (primary N) is 2. The Bertz CT molecular complexity index is 395. The summed E-state index contributed by atoms with van der Waals surface area (Å²) in [4.78, 5) is 20.8. The molecule has 94 valence electrons. The van der Waals surface area contributed by atoms with Crippen LogP contribution in [-0.2, 0) is 4.79 Å². The van der Waals surface area contributed by atoms with Gasteiger partial charge in [-0.3, -0.25) is 4.79 Å². The molecule has 8 nitrogen and oxygen atoms in total. The molecule has 0 aliphatic heterocycles. The minimum atomic E-state index is -0.0314. The average molecular weight is 239 g/mol. The Labute approximate surface area is 99.4 Å². The zero-order valence-electron chi connectivity index (χ0n) is 9.90. The molecule has 0 bridgehead atoms. The third kappa shape index (κ3) is 3.76. The minimum absolute atomic E-state index is 0.0314. The third-order valence-electron chi connectivity index (χ3n) is 2.22. The van der Waals surface area contributed by atoms with Gasteiger partial charge >= 0.3 is 0 Å². The maximum Gasteiger partial charge on any atom is 0.223 e. The molecule has 0 saturated carbocycles. The first-order valence-corrected chi connectivity index (χ1v) is 5.09. The molecule has 0 fully saturated rings. The summed E-state index contributed by atoms with van der Waals surface area (Å²) in [6.45, 7) is 0.528. The van der Waals surface area contributed by atoms with Gasteiger partial charge in [-0.25, -0.2) is 5.84 Å². The number of anilines is 3. The fourth-order valence-corrected chi connectivity index (χ4v) is 1.23. The Kier molecular flexibility index (Phi) is 4.46. The van der Waals surface area contributed by atoms with Crippen LogP contribution in [0.5, 0.6) is 0 Å². The molecule has 0 aliphatic carbocycles. The van der Waals surface area contributed by atoms with Crippen LogP contribution in [0.3, 0.4) is 0 Å². The Hall–Kier alpha value is -2.09. The number of hydrogen-bond donors (Lipinski definition) is 4. The molecule has 17 heavy (non-hydrogen) atoms. The molecule has 0 radical (unpaired) electrons. The Morgan fingerprint density at radius 2 is 2.24 bits per heavy atom. The zero-order chi connectivity index (χ0) is 12.8. The second-order valence-electron chi connectivity index (χ2n) is 3.46. The van der Waals surface area contributed by atoms with Crippen molar-refractivity contribution < 1.29 is 4.79 Å². The van der Waals surface area contributed by atoms with Crippen molar-refractivity contribution in [2.45, 2.75) is 6.42 Å². The number of aromatic nitrogens is 2. The summed E-state index contributed by atoms with van der Waals surface area (Å²) >= 11 is 0. The van der Waals surface area contributed by atoms with E-state index in [2.05, 4.69) is 20.7 Å². The van der Waals surface area contributed by atoms with Crippen molar-refractivity contribution in [1.29, 1.82) is 0 Å². The highest BCUT2D eigenvalue weighted by atomic mass is 16.1. The van der Waals surface area contributed by atoms with Crippen molar-refractivity contribution in [1.82, 2.24) is 15.3 Å². The van der Waals surface area contributed by atoms with Crippen molar-refractivity contribution in [3.8, 4) is 0 Å². The van der Waals surface area contributed by atoms with E-state index in [9.17, 15) is 4.79 Å². The number of hydrazine groups is 1. The van der Waals surface area contributed by atoms with E-state index in [0.717, 1.165) is 0 Å². The van der Waals surface area contributed by atoms with E-state index in [-0.39, 0.29) is 11.9 Å². The summed E-state index contributed by atoms with van der Waals surface area (Å²) in [7, 11) is 3.41. The molecule has 1 amide bonds. The lowest BCUT2D eigenvalue weighted by Gasteiger charge is -2.18. The minimum Gasteiger partial charge on any atom is -0.368 e. The average Bonchev–Trinajstić information content (AvgIpc) is 2.34. The van der Waals surface area contributed by atoms with Crippen LogP contribution in [-0.4, -0.2) is 36.5 Å². The van der Waals surface area contributed by atoms with E-state index >= 15 is 0 Å². The molecular formula is C9H17N7O. The molecule has 0 spiro atoms. The van der Waals surface area contributed by atoms with Gasteiger partial charge in [0.25, 0.3) is 0 Å². The van der Waals surface area contributed by atoms with Gasteiger partial charge in [0.05, 0.1) is 0 Å². The van der Waals surface area contributed by atoms with Crippen molar-refractivity contribution >= 4 is 23.5 Å². The topological polar surface area (TPSA) is 122 Å². The first-order valence-electron chi connectivity index (χ1n) is 5.09. The molecule has 0 aliphatic rings. The molecular weight excluding hydrogens is 222 g/mol. The van der Waals surface area contributed by atoms with Gasteiger partial charge in [0.1, 0.15) is 11.6 Å². The van der Waals surface area contributed by atoms with E-state index in [4.69, 9.17) is 11.6 Å². The Morgan fingerprint density at radius 1 is 1.53 bits per heavy atom. The quantitative estimate of drug-likeness (QED) is 0.380. The maximum absolute atomic E-state index is 11.1. The van der Waals surface area contributed by atoms with Crippen molar-refractivity contribution in [3.05, 3.63) is 6.07 Å². The highest BCUT2D eigenvalue weighted by molar-refractivity contribution is 5.76. The largest absolute Gasteiger partial charge is 0.368 e. The number of rotatable bonds is 5. The normalized spacial score (nSPS) is 9.82. The van der Waals surface area contributed by atoms with Crippen LogP contribution in [0.4, 0.5) is 17.6 Å². The van der Waals surface area contributed by atoms with E-state index in [1.54, 1.807) is 18.0 Å². The molecule has 0 saturated heterocycles. The van der Waals surface area contributed by atoms with Gasteiger partial charge in [-0.05, 0) is 0 Å². The van der Waals surface area contributed by atoms with Crippen molar-refractivity contribution in [3.63, 3.8) is 0 Å². The molecule has 1 aromatic heterocycles. The van der Waals surface area contributed by atoms with Crippen LogP contribution in [0.1, 0.15) is 6.42 Å². The van der Waals surface area contributed by atoms with E-state index in [1.165, 1.54) is 0 Å². The van der Waals surface area contributed by atoms with Crippen LogP contribution in [0.15, 0.2) is 6.07 Å². The smallest absolute Gasteiger partial charge is 0.223 e.